The van der Waals surface area contributed by atoms with E-state index in [2.05, 4.69) is 22.2 Å². The molecule has 1 aromatic heterocycles. The van der Waals surface area contributed by atoms with Crippen LogP contribution in [-0.4, -0.2) is 42.8 Å². The minimum Gasteiger partial charge on any atom is -0.475 e. The van der Waals surface area contributed by atoms with E-state index in [1.165, 1.54) is 0 Å². The van der Waals surface area contributed by atoms with E-state index in [-0.39, 0.29) is 6.10 Å². The maximum atomic E-state index is 5.54. The van der Waals surface area contributed by atoms with Gasteiger partial charge < -0.3 is 15.0 Å². The number of aromatic nitrogens is 2. The van der Waals surface area contributed by atoms with Crippen molar-refractivity contribution in [3.8, 4) is 5.88 Å². The summed E-state index contributed by atoms with van der Waals surface area (Å²) in [7, 11) is 1.98. The van der Waals surface area contributed by atoms with Crippen LogP contribution in [0.25, 0.3) is 0 Å². The molecule has 0 aromatic carbocycles. The van der Waals surface area contributed by atoms with Crippen LogP contribution in [0.3, 0.4) is 0 Å². The molecular weight excluding hydrogens is 216 g/mol. The second-order valence-corrected chi connectivity index (χ2v) is 4.14. The quantitative estimate of drug-likeness (QED) is 0.726. The van der Waals surface area contributed by atoms with Gasteiger partial charge in [-0.05, 0) is 20.4 Å². The van der Waals surface area contributed by atoms with Crippen molar-refractivity contribution < 1.29 is 4.74 Å². The molecule has 0 bridgehead atoms. The van der Waals surface area contributed by atoms with Crippen molar-refractivity contribution in [2.75, 3.05) is 31.6 Å². The van der Waals surface area contributed by atoms with Gasteiger partial charge >= 0.3 is 0 Å². The molecule has 0 fully saturated rings. The molecule has 0 aliphatic carbocycles. The number of ether oxygens (including phenoxy) is 1. The summed E-state index contributed by atoms with van der Waals surface area (Å²) < 4.78 is 5.54. The highest BCUT2D eigenvalue weighted by atomic mass is 16.5. The minimum absolute atomic E-state index is 0.129. The number of hydrogen-bond donors (Lipinski definition) is 1. The van der Waals surface area contributed by atoms with Crippen LogP contribution in [0.15, 0.2) is 12.3 Å². The van der Waals surface area contributed by atoms with Gasteiger partial charge in [-0.15, -0.1) is 0 Å². The predicted octanol–water partition coefficient (Wildman–Crippen LogP) is 1.31. The molecule has 0 unspecified atom stereocenters. The molecule has 0 saturated carbocycles. The topological polar surface area (TPSA) is 50.3 Å². The third-order valence-electron chi connectivity index (χ3n) is 2.19. The van der Waals surface area contributed by atoms with Gasteiger partial charge in [-0.25, -0.2) is 4.98 Å². The first-order valence-electron chi connectivity index (χ1n) is 6.05. The van der Waals surface area contributed by atoms with Crippen LogP contribution in [0.2, 0.25) is 0 Å². The lowest BCUT2D eigenvalue weighted by atomic mass is 10.5. The Balaban J connectivity index is 2.57. The molecule has 0 atom stereocenters. The van der Waals surface area contributed by atoms with E-state index in [0.717, 1.165) is 19.6 Å². The zero-order chi connectivity index (χ0) is 12.7. The Morgan fingerprint density at radius 1 is 1.47 bits per heavy atom. The lowest BCUT2D eigenvalue weighted by Gasteiger charge is -2.18. The maximum absolute atomic E-state index is 5.54. The Morgan fingerprint density at radius 2 is 2.24 bits per heavy atom. The fraction of sp³-hybridized carbons (Fsp3) is 0.667. The molecule has 0 saturated heterocycles. The van der Waals surface area contributed by atoms with Crippen LogP contribution < -0.4 is 15.0 Å². The summed E-state index contributed by atoms with van der Waals surface area (Å²) in [6.07, 6.45) is 1.86. The Morgan fingerprint density at radius 3 is 2.88 bits per heavy atom. The largest absolute Gasteiger partial charge is 0.475 e. The highest BCUT2D eigenvalue weighted by molar-refractivity contribution is 5.30. The fourth-order valence-electron chi connectivity index (χ4n) is 1.35. The average molecular weight is 238 g/mol. The molecule has 0 spiro atoms. The summed E-state index contributed by atoms with van der Waals surface area (Å²) in [4.78, 5) is 10.6. The highest BCUT2D eigenvalue weighted by Crippen LogP contribution is 2.12. The van der Waals surface area contributed by atoms with Gasteiger partial charge in [0.1, 0.15) is 0 Å². The molecule has 96 valence electrons. The Labute approximate surface area is 103 Å². The summed E-state index contributed by atoms with van der Waals surface area (Å²) in [5.41, 5.74) is 0. The number of hydrogen-bond acceptors (Lipinski definition) is 5. The molecule has 0 amide bonds. The smallest absolute Gasteiger partial charge is 0.228 e. The van der Waals surface area contributed by atoms with Crippen molar-refractivity contribution >= 4 is 5.95 Å². The van der Waals surface area contributed by atoms with Gasteiger partial charge in [-0.1, -0.05) is 6.92 Å². The van der Waals surface area contributed by atoms with Crippen LogP contribution in [-0.2, 0) is 0 Å². The van der Waals surface area contributed by atoms with Gasteiger partial charge in [0, 0.05) is 32.4 Å². The van der Waals surface area contributed by atoms with E-state index in [0.29, 0.717) is 11.8 Å². The Hall–Kier alpha value is -1.36. The highest BCUT2D eigenvalue weighted by Gasteiger charge is 2.06. The lowest BCUT2D eigenvalue weighted by molar-refractivity contribution is 0.232. The van der Waals surface area contributed by atoms with E-state index in [9.17, 15) is 0 Å². The summed E-state index contributed by atoms with van der Waals surface area (Å²) in [6, 6.07) is 1.78. The number of anilines is 1. The van der Waals surface area contributed by atoms with E-state index in [1.807, 2.05) is 25.8 Å². The normalized spacial score (nSPS) is 10.6. The summed E-state index contributed by atoms with van der Waals surface area (Å²) in [6.45, 7) is 8.83. The van der Waals surface area contributed by atoms with Crippen LogP contribution in [0.5, 0.6) is 5.88 Å². The molecule has 1 N–H and O–H groups in total. The molecular formula is C12H22N4O. The minimum atomic E-state index is 0.129. The van der Waals surface area contributed by atoms with Crippen molar-refractivity contribution in [2.45, 2.75) is 26.9 Å². The van der Waals surface area contributed by atoms with Crippen LogP contribution >= 0.6 is 0 Å². The summed E-state index contributed by atoms with van der Waals surface area (Å²) in [5.74, 6) is 1.32. The summed E-state index contributed by atoms with van der Waals surface area (Å²) in [5, 5.41) is 3.27. The molecule has 1 aromatic rings. The molecule has 1 heterocycles. The van der Waals surface area contributed by atoms with Gasteiger partial charge in [0.25, 0.3) is 0 Å². The first kappa shape index (κ1) is 13.7. The molecule has 1 rings (SSSR count). The second-order valence-electron chi connectivity index (χ2n) is 4.14. The molecule has 0 radical (unpaired) electrons. The monoisotopic (exact) mass is 238 g/mol. The first-order chi connectivity index (χ1) is 8.13. The van der Waals surface area contributed by atoms with Gasteiger partial charge in [0.15, 0.2) is 0 Å². The van der Waals surface area contributed by atoms with E-state index in [4.69, 9.17) is 4.74 Å². The molecule has 17 heavy (non-hydrogen) atoms. The second kappa shape index (κ2) is 7.06. The third kappa shape index (κ3) is 4.99. The molecule has 5 nitrogen and oxygen atoms in total. The van der Waals surface area contributed by atoms with Crippen molar-refractivity contribution in [3.05, 3.63) is 12.3 Å². The van der Waals surface area contributed by atoms with Crippen LogP contribution in [0.4, 0.5) is 5.95 Å². The lowest BCUT2D eigenvalue weighted by Crippen LogP contribution is -2.30. The van der Waals surface area contributed by atoms with Crippen molar-refractivity contribution in [1.82, 2.24) is 15.3 Å². The Kier molecular flexibility index (Phi) is 5.69. The van der Waals surface area contributed by atoms with Crippen LogP contribution in [0, 0.1) is 0 Å². The Bertz CT molecular complexity index is 330. The van der Waals surface area contributed by atoms with Gasteiger partial charge in [0.05, 0.1) is 6.10 Å². The number of likely N-dealkylation sites (N-methyl/N-ethyl adjacent to an activating group) is 2. The standard InChI is InChI=1S/C12H22N4O/c1-5-13-8-9-16(4)12-14-7-6-11(15-12)17-10(2)3/h6-7,10,13H,5,8-9H2,1-4H3. The zero-order valence-electron chi connectivity index (χ0n) is 11.1. The average Bonchev–Trinajstić information content (AvgIpc) is 2.28. The van der Waals surface area contributed by atoms with Crippen molar-refractivity contribution in [3.63, 3.8) is 0 Å². The first-order valence-corrected chi connectivity index (χ1v) is 6.05. The van der Waals surface area contributed by atoms with Gasteiger partial charge in [0.2, 0.25) is 11.8 Å². The third-order valence-corrected chi connectivity index (χ3v) is 2.19. The van der Waals surface area contributed by atoms with E-state index >= 15 is 0 Å². The SMILES string of the molecule is CCNCCN(C)c1nccc(OC(C)C)n1. The fourth-order valence-corrected chi connectivity index (χ4v) is 1.35. The van der Waals surface area contributed by atoms with Crippen molar-refractivity contribution in [1.29, 1.82) is 0 Å². The summed E-state index contributed by atoms with van der Waals surface area (Å²) >= 11 is 0. The number of rotatable bonds is 7. The predicted molar refractivity (Wildman–Crippen MR) is 69.6 cm³/mol. The van der Waals surface area contributed by atoms with Crippen molar-refractivity contribution in [2.24, 2.45) is 0 Å². The van der Waals surface area contributed by atoms with E-state index in [1.54, 1.807) is 12.3 Å². The maximum Gasteiger partial charge on any atom is 0.228 e. The molecule has 0 aliphatic heterocycles. The zero-order valence-corrected chi connectivity index (χ0v) is 11.1. The molecule has 0 aliphatic rings. The van der Waals surface area contributed by atoms with Crippen LogP contribution in [0.1, 0.15) is 20.8 Å². The van der Waals surface area contributed by atoms with Gasteiger partial charge in [-0.3, -0.25) is 0 Å². The van der Waals surface area contributed by atoms with E-state index < -0.39 is 0 Å². The number of nitrogens with one attached hydrogen (secondary N) is 1. The number of nitrogens with zero attached hydrogens (tertiary/aromatic N) is 3. The molecule has 5 heteroatoms. The van der Waals surface area contributed by atoms with Gasteiger partial charge in [-0.2, -0.15) is 4.98 Å².